The van der Waals surface area contributed by atoms with Crippen LogP contribution in [-0.4, -0.2) is 47.4 Å². The summed E-state index contributed by atoms with van der Waals surface area (Å²) >= 11 is 11.5. The van der Waals surface area contributed by atoms with Crippen molar-refractivity contribution >= 4 is 50.1 Å². The number of rotatable bonds is 6. The molecule has 1 atom stereocenters. The second-order valence-electron chi connectivity index (χ2n) is 5.96. The van der Waals surface area contributed by atoms with Gasteiger partial charge < -0.3 is 10.2 Å². The molecule has 1 heterocycles. The van der Waals surface area contributed by atoms with Gasteiger partial charge in [0.05, 0.1) is 27.1 Å². The fourth-order valence-corrected chi connectivity index (χ4v) is 4.96. The quantitative estimate of drug-likeness (QED) is 0.441. The number of unbranched alkanes of at least 4 members (excludes halogenated alkanes) is 1. The number of thiocarbonyl (C=S) groups is 1. The smallest absolute Gasteiger partial charge is 0.271 e. The standard InChI is InChI=1S/C15H20ClN3O4S2/c1-2-3-7-18(12-6-8-25(22,23)10-12)15(24)17-14-9-11(19(20)21)4-5-13(14)16/h4-5,9,12H,2-3,6-8,10H2,1H3,(H,17,24)/t12-/m0/s1. The number of nitrogens with one attached hydrogen (secondary N) is 1. The predicted octanol–water partition coefficient (Wildman–Crippen LogP) is 3.23. The van der Waals surface area contributed by atoms with Gasteiger partial charge in [0.2, 0.25) is 0 Å². The van der Waals surface area contributed by atoms with Gasteiger partial charge >= 0.3 is 0 Å². The highest BCUT2D eigenvalue weighted by atomic mass is 35.5. The van der Waals surface area contributed by atoms with Gasteiger partial charge in [0.25, 0.3) is 5.69 Å². The molecule has 1 saturated heterocycles. The summed E-state index contributed by atoms with van der Waals surface area (Å²) in [6, 6.07) is 3.88. The molecule has 2 rings (SSSR count). The largest absolute Gasteiger partial charge is 0.345 e. The van der Waals surface area contributed by atoms with Crippen LogP contribution in [0.5, 0.6) is 0 Å². The van der Waals surface area contributed by atoms with E-state index in [2.05, 4.69) is 5.32 Å². The van der Waals surface area contributed by atoms with E-state index in [1.54, 1.807) is 0 Å². The van der Waals surface area contributed by atoms with Crippen LogP contribution in [0.15, 0.2) is 18.2 Å². The van der Waals surface area contributed by atoms with Crippen LogP contribution in [0.1, 0.15) is 26.2 Å². The van der Waals surface area contributed by atoms with Crippen molar-refractivity contribution in [1.29, 1.82) is 0 Å². The summed E-state index contributed by atoms with van der Waals surface area (Å²) in [6.45, 7) is 2.66. The Labute approximate surface area is 157 Å². The molecule has 10 heteroatoms. The van der Waals surface area contributed by atoms with Gasteiger partial charge in [-0.15, -0.1) is 0 Å². The minimum atomic E-state index is -3.04. The number of non-ortho nitro benzene ring substituents is 1. The zero-order valence-corrected chi connectivity index (χ0v) is 16.2. The highest BCUT2D eigenvalue weighted by molar-refractivity contribution is 7.91. The second kappa shape index (κ2) is 8.29. The second-order valence-corrected chi connectivity index (χ2v) is 8.98. The van der Waals surface area contributed by atoms with E-state index in [1.165, 1.54) is 18.2 Å². The summed E-state index contributed by atoms with van der Waals surface area (Å²) in [5.74, 6) is 0.224. The number of hydrogen-bond acceptors (Lipinski definition) is 5. The Bertz CT molecular complexity index is 770. The van der Waals surface area contributed by atoms with Crippen LogP contribution in [0.25, 0.3) is 0 Å². The molecule has 25 heavy (non-hydrogen) atoms. The highest BCUT2D eigenvalue weighted by Gasteiger charge is 2.33. The fourth-order valence-electron chi connectivity index (χ4n) is 2.71. The van der Waals surface area contributed by atoms with Crippen LogP contribution in [0, 0.1) is 10.1 Å². The van der Waals surface area contributed by atoms with Crippen LogP contribution in [-0.2, 0) is 9.84 Å². The van der Waals surface area contributed by atoms with E-state index in [-0.39, 0.29) is 23.2 Å². The molecular weight excluding hydrogens is 386 g/mol. The van der Waals surface area contributed by atoms with Crippen molar-refractivity contribution in [3.63, 3.8) is 0 Å². The Morgan fingerprint density at radius 3 is 2.80 bits per heavy atom. The maximum Gasteiger partial charge on any atom is 0.271 e. The van der Waals surface area contributed by atoms with Gasteiger partial charge in [-0.3, -0.25) is 10.1 Å². The average Bonchev–Trinajstić information content (AvgIpc) is 2.89. The topological polar surface area (TPSA) is 92.5 Å². The molecule has 1 aliphatic heterocycles. The van der Waals surface area contributed by atoms with Gasteiger partial charge in [-0.1, -0.05) is 24.9 Å². The molecule has 0 radical (unpaired) electrons. The minimum absolute atomic E-state index is 0.0706. The van der Waals surface area contributed by atoms with Gasteiger partial charge in [0.1, 0.15) is 0 Å². The van der Waals surface area contributed by atoms with Gasteiger partial charge in [-0.2, -0.15) is 0 Å². The third-order valence-electron chi connectivity index (χ3n) is 4.06. The molecule has 1 aliphatic rings. The van der Waals surface area contributed by atoms with E-state index in [0.717, 1.165) is 12.8 Å². The molecule has 0 unspecified atom stereocenters. The SMILES string of the molecule is CCCCN(C(=S)Nc1cc([N+](=O)[O-])ccc1Cl)[C@H]1CCS(=O)(=O)C1. The first-order valence-corrected chi connectivity index (χ1v) is 10.6. The summed E-state index contributed by atoms with van der Waals surface area (Å²) < 4.78 is 23.6. The van der Waals surface area contributed by atoms with E-state index in [0.29, 0.717) is 28.8 Å². The Kier molecular flexibility index (Phi) is 6.59. The molecule has 1 fully saturated rings. The maximum atomic E-state index is 11.8. The lowest BCUT2D eigenvalue weighted by atomic mass is 10.2. The van der Waals surface area contributed by atoms with Crippen molar-refractivity contribution in [3.8, 4) is 0 Å². The number of anilines is 1. The van der Waals surface area contributed by atoms with Gasteiger partial charge in [-0.25, -0.2) is 8.42 Å². The van der Waals surface area contributed by atoms with Gasteiger partial charge in [0, 0.05) is 24.7 Å². The van der Waals surface area contributed by atoms with Gasteiger partial charge in [0.15, 0.2) is 14.9 Å². The molecule has 0 bridgehead atoms. The van der Waals surface area contributed by atoms with Crippen LogP contribution in [0.2, 0.25) is 5.02 Å². The lowest BCUT2D eigenvalue weighted by Gasteiger charge is -2.31. The van der Waals surface area contributed by atoms with Gasteiger partial charge in [-0.05, 0) is 31.1 Å². The number of nitro benzene ring substituents is 1. The molecule has 1 aromatic carbocycles. The van der Waals surface area contributed by atoms with Crippen molar-refractivity contribution < 1.29 is 13.3 Å². The lowest BCUT2D eigenvalue weighted by molar-refractivity contribution is -0.384. The molecule has 0 saturated carbocycles. The Balaban J connectivity index is 2.19. The molecule has 1 aromatic rings. The number of benzene rings is 1. The molecule has 0 spiro atoms. The number of hydrogen-bond donors (Lipinski definition) is 1. The summed E-state index contributed by atoms with van der Waals surface area (Å²) in [5, 5.41) is 14.5. The van der Waals surface area contributed by atoms with Crippen molar-refractivity contribution in [2.45, 2.75) is 32.2 Å². The maximum absolute atomic E-state index is 11.8. The van der Waals surface area contributed by atoms with Crippen LogP contribution in [0.4, 0.5) is 11.4 Å². The summed E-state index contributed by atoms with van der Waals surface area (Å²) in [7, 11) is -3.04. The first-order chi connectivity index (χ1) is 11.7. The molecule has 0 aliphatic carbocycles. The molecule has 138 valence electrons. The van der Waals surface area contributed by atoms with E-state index >= 15 is 0 Å². The fraction of sp³-hybridized carbons (Fsp3) is 0.533. The zero-order chi connectivity index (χ0) is 18.6. The summed E-state index contributed by atoms with van der Waals surface area (Å²) in [6.07, 6.45) is 2.33. The average molecular weight is 406 g/mol. The Morgan fingerprint density at radius 2 is 2.24 bits per heavy atom. The third kappa shape index (κ3) is 5.26. The highest BCUT2D eigenvalue weighted by Crippen LogP contribution is 2.28. The Morgan fingerprint density at radius 1 is 1.52 bits per heavy atom. The summed E-state index contributed by atoms with van der Waals surface area (Å²) in [5.41, 5.74) is 0.237. The number of nitrogens with zero attached hydrogens (tertiary/aromatic N) is 2. The summed E-state index contributed by atoms with van der Waals surface area (Å²) in [4.78, 5) is 12.3. The molecule has 0 aromatic heterocycles. The number of nitro groups is 1. The first kappa shape index (κ1) is 19.9. The molecule has 0 amide bonds. The van der Waals surface area contributed by atoms with E-state index in [4.69, 9.17) is 23.8 Å². The molecule has 7 nitrogen and oxygen atoms in total. The zero-order valence-electron chi connectivity index (χ0n) is 13.8. The Hall–Kier alpha value is -1.45. The molecule has 1 N–H and O–H groups in total. The minimum Gasteiger partial charge on any atom is -0.345 e. The number of sulfone groups is 1. The normalized spacial score (nSPS) is 18.7. The van der Waals surface area contributed by atoms with Crippen molar-refractivity contribution in [1.82, 2.24) is 4.90 Å². The van der Waals surface area contributed by atoms with E-state index < -0.39 is 14.8 Å². The monoisotopic (exact) mass is 405 g/mol. The predicted molar refractivity (Wildman–Crippen MR) is 103 cm³/mol. The van der Waals surface area contributed by atoms with Crippen LogP contribution in [0.3, 0.4) is 0 Å². The van der Waals surface area contributed by atoms with Crippen LogP contribution < -0.4 is 5.32 Å². The van der Waals surface area contributed by atoms with E-state index in [9.17, 15) is 18.5 Å². The third-order valence-corrected chi connectivity index (χ3v) is 6.48. The number of halogens is 1. The molecular formula is C15H20ClN3O4S2. The van der Waals surface area contributed by atoms with Crippen LogP contribution >= 0.6 is 23.8 Å². The van der Waals surface area contributed by atoms with Crippen molar-refractivity contribution in [2.24, 2.45) is 0 Å². The van der Waals surface area contributed by atoms with E-state index in [1.807, 2.05) is 11.8 Å². The lowest BCUT2D eigenvalue weighted by Crippen LogP contribution is -2.44. The first-order valence-electron chi connectivity index (χ1n) is 7.95. The van der Waals surface area contributed by atoms with Crippen molar-refractivity contribution in [3.05, 3.63) is 33.3 Å². The van der Waals surface area contributed by atoms with Crippen molar-refractivity contribution in [2.75, 3.05) is 23.4 Å².